The van der Waals surface area contributed by atoms with Crippen molar-refractivity contribution in [1.82, 2.24) is 20.3 Å². The molecule has 0 aliphatic carbocycles. The van der Waals surface area contributed by atoms with E-state index in [0.29, 0.717) is 12.2 Å². The number of para-hydroxylation sites is 1. The van der Waals surface area contributed by atoms with Gasteiger partial charge in [-0.05, 0) is 24.3 Å². The maximum Gasteiger partial charge on any atom is 0.271 e. The molecule has 0 unspecified atom stereocenters. The van der Waals surface area contributed by atoms with Gasteiger partial charge < -0.3 is 10.3 Å². The summed E-state index contributed by atoms with van der Waals surface area (Å²) in [5.41, 5.74) is 3.22. The molecule has 0 spiro atoms. The predicted octanol–water partition coefficient (Wildman–Crippen LogP) is 3.62. The molecule has 3 aromatic heterocycles. The number of amides is 1. The minimum Gasteiger partial charge on any atom is -0.353 e. The first-order chi connectivity index (χ1) is 11.8. The quantitative estimate of drug-likeness (QED) is 0.599. The van der Waals surface area contributed by atoms with Gasteiger partial charge in [0, 0.05) is 22.5 Å². The summed E-state index contributed by atoms with van der Waals surface area (Å²) in [7, 11) is 0. The molecule has 0 aliphatic heterocycles. The molecule has 6 heteroatoms. The number of thiazole rings is 1. The van der Waals surface area contributed by atoms with Gasteiger partial charge in [0.25, 0.3) is 5.91 Å². The summed E-state index contributed by atoms with van der Waals surface area (Å²) in [6, 6.07) is 15.7. The summed E-state index contributed by atoms with van der Waals surface area (Å²) >= 11 is 1.45. The number of hydrogen-bond acceptors (Lipinski definition) is 4. The van der Waals surface area contributed by atoms with Gasteiger partial charge in [-0.15, -0.1) is 11.3 Å². The van der Waals surface area contributed by atoms with Crippen molar-refractivity contribution >= 4 is 28.1 Å². The summed E-state index contributed by atoms with van der Waals surface area (Å²) < 4.78 is 0. The van der Waals surface area contributed by atoms with Crippen LogP contribution in [0.3, 0.4) is 0 Å². The average molecular weight is 334 g/mol. The van der Waals surface area contributed by atoms with E-state index in [1.54, 1.807) is 11.6 Å². The zero-order chi connectivity index (χ0) is 16.4. The van der Waals surface area contributed by atoms with Crippen LogP contribution in [0.25, 0.3) is 21.6 Å². The summed E-state index contributed by atoms with van der Waals surface area (Å²) in [5, 5.41) is 6.54. The molecule has 4 aromatic rings. The number of benzene rings is 1. The van der Waals surface area contributed by atoms with Crippen LogP contribution in [0.1, 0.15) is 16.2 Å². The molecule has 2 N–H and O–H groups in total. The number of aromatic nitrogens is 3. The van der Waals surface area contributed by atoms with E-state index in [9.17, 15) is 4.79 Å². The third-order valence-electron chi connectivity index (χ3n) is 3.65. The molecule has 5 nitrogen and oxygen atoms in total. The first kappa shape index (κ1) is 14.6. The number of pyridine rings is 1. The van der Waals surface area contributed by atoms with E-state index < -0.39 is 0 Å². The van der Waals surface area contributed by atoms with Crippen LogP contribution in [0, 0.1) is 0 Å². The second-order valence-corrected chi connectivity index (χ2v) is 6.17. The molecule has 0 bridgehead atoms. The van der Waals surface area contributed by atoms with Crippen LogP contribution < -0.4 is 5.32 Å². The number of hydrogen-bond donors (Lipinski definition) is 2. The number of carbonyl (C=O) groups excluding carboxylic acids is 1. The summed E-state index contributed by atoms with van der Waals surface area (Å²) in [6.07, 6.45) is 1.71. The normalized spacial score (nSPS) is 10.8. The highest BCUT2D eigenvalue weighted by Crippen LogP contribution is 2.26. The first-order valence-electron chi connectivity index (χ1n) is 7.51. The lowest BCUT2D eigenvalue weighted by molar-refractivity contribution is 0.0946. The summed E-state index contributed by atoms with van der Waals surface area (Å²) in [5.74, 6) is -0.195. The maximum absolute atomic E-state index is 12.2. The van der Waals surface area contributed by atoms with E-state index in [1.165, 1.54) is 11.3 Å². The Hall–Kier alpha value is -2.99. The Labute approximate surface area is 142 Å². The standard InChI is InChI=1S/C18H14N4OS/c23-17(20-10-13-6-3-4-8-19-13)16-11-24-18(22-16)15-9-12-5-1-2-7-14(12)21-15/h1-9,11,21H,10H2,(H,20,23). The smallest absolute Gasteiger partial charge is 0.271 e. The highest BCUT2D eigenvalue weighted by Gasteiger charge is 2.13. The van der Waals surface area contributed by atoms with E-state index in [0.717, 1.165) is 27.3 Å². The van der Waals surface area contributed by atoms with E-state index in [-0.39, 0.29) is 5.91 Å². The minimum absolute atomic E-state index is 0.195. The number of aromatic amines is 1. The van der Waals surface area contributed by atoms with Gasteiger partial charge in [-0.25, -0.2) is 4.98 Å². The lowest BCUT2D eigenvalue weighted by Crippen LogP contribution is -2.23. The van der Waals surface area contributed by atoms with E-state index in [4.69, 9.17) is 0 Å². The molecule has 1 aromatic carbocycles. The van der Waals surface area contributed by atoms with Gasteiger partial charge in [0.05, 0.1) is 17.9 Å². The number of rotatable bonds is 4. The molecule has 0 aliphatic rings. The number of nitrogens with one attached hydrogen (secondary N) is 2. The van der Waals surface area contributed by atoms with Crippen molar-refractivity contribution in [2.24, 2.45) is 0 Å². The third-order valence-corrected chi connectivity index (χ3v) is 4.53. The Kier molecular flexibility index (Phi) is 3.80. The van der Waals surface area contributed by atoms with E-state index in [1.807, 2.05) is 48.5 Å². The van der Waals surface area contributed by atoms with Crippen LogP contribution in [0.5, 0.6) is 0 Å². The highest BCUT2D eigenvalue weighted by atomic mass is 32.1. The molecule has 3 heterocycles. The molecule has 118 valence electrons. The minimum atomic E-state index is -0.195. The summed E-state index contributed by atoms with van der Waals surface area (Å²) in [6.45, 7) is 0.388. The predicted molar refractivity (Wildman–Crippen MR) is 94.8 cm³/mol. The fraction of sp³-hybridized carbons (Fsp3) is 0.0556. The Balaban J connectivity index is 1.50. The molecular weight excluding hydrogens is 320 g/mol. The lowest BCUT2D eigenvalue weighted by Gasteiger charge is -2.01. The van der Waals surface area contributed by atoms with Crippen molar-refractivity contribution in [3.8, 4) is 10.7 Å². The third kappa shape index (κ3) is 2.91. The van der Waals surface area contributed by atoms with Crippen molar-refractivity contribution in [2.75, 3.05) is 0 Å². The Bertz CT molecular complexity index is 957. The van der Waals surface area contributed by atoms with Crippen LogP contribution in [0.15, 0.2) is 60.1 Å². The molecule has 1 amide bonds. The van der Waals surface area contributed by atoms with Gasteiger partial charge in [0.15, 0.2) is 0 Å². The number of H-pyrrole nitrogens is 1. The molecular formula is C18H14N4OS. The Morgan fingerprint density at radius 3 is 2.88 bits per heavy atom. The topological polar surface area (TPSA) is 70.7 Å². The van der Waals surface area contributed by atoms with Crippen LogP contribution in [0.2, 0.25) is 0 Å². The van der Waals surface area contributed by atoms with Crippen molar-refractivity contribution in [3.63, 3.8) is 0 Å². The van der Waals surface area contributed by atoms with Gasteiger partial charge in [-0.2, -0.15) is 0 Å². The van der Waals surface area contributed by atoms with E-state index >= 15 is 0 Å². The van der Waals surface area contributed by atoms with Gasteiger partial charge in [0.2, 0.25) is 0 Å². The average Bonchev–Trinajstić information content (AvgIpc) is 3.27. The Morgan fingerprint density at radius 1 is 1.17 bits per heavy atom. The molecule has 0 fully saturated rings. The first-order valence-corrected chi connectivity index (χ1v) is 8.39. The van der Waals surface area contributed by atoms with Crippen LogP contribution in [-0.2, 0) is 6.54 Å². The van der Waals surface area contributed by atoms with Gasteiger partial charge in [-0.3, -0.25) is 9.78 Å². The molecule has 4 rings (SSSR count). The lowest BCUT2D eigenvalue weighted by atomic mass is 10.2. The zero-order valence-corrected chi connectivity index (χ0v) is 13.5. The van der Waals surface area contributed by atoms with Crippen molar-refractivity contribution in [1.29, 1.82) is 0 Å². The van der Waals surface area contributed by atoms with Crippen LogP contribution in [-0.4, -0.2) is 20.9 Å². The number of nitrogens with zero attached hydrogens (tertiary/aromatic N) is 2. The van der Waals surface area contributed by atoms with Crippen LogP contribution in [0.4, 0.5) is 0 Å². The van der Waals surface area contributed by atoms with Crippen molar-refractivity contribution in [3.05, 3.63) is 71.5 Å². The largest absolute Gasteiger partial charge is 0.353 e. The fourth-order valence-corrected chi connectivity index (χ4v) is 3.23. The second-order valence-electron chi connectivity index (χ2n) is 5.31. The van der Waals surface area contributed by atoms with Crippen molar-refractivity contribution < 1.29 is 4.79 Å². The zero-order valence-electron chi connectivity index (χ0n) is 12.7. The van der Waals surface area contributed by atoms with E-state index in [2.05, 4.69) is 20.3 Å². The van der Waals surface area contributed by atoms with Crippen LogP contribution >= 0.6 is 11.3 Å². The van der Waals surface area contributed by atoms with Gasteiger partial charge >= 0.3 is 0 Å². The monoisotopic (exact) mass is 334 g/mol. The van der Waals surface area contributed by atoms with Crippen molar-refractivity contribution in [2.45, 2.75) is 6.54 Å². The molecule has 0 radical (unpaired) electrons. The SMILES string of the molecule is O=C(NCc1ccccn1)c1csc(-c2cc3ccccc3[nH]2)n1. The molecule has 0 saturated heterocycles. The highest BCUT2D eigenvalue weighted by molar-refractivity contribution is 7.13. The molecule has 0 saturated carbocycles. The molecule has 24 heavy (non-hydrogen) atoms. The second kappa shape index (κ2) is 6.25. The Morgan fingerprint density at radius 2 is 2.04 bits per heavy atom. The molecule has 0 atom stereocenters. The number of carbonyl (C=O) groups is 1. The van der Waals surface area contributed by atoms with Gasteiger partial charge in [-0.1, -0.05) is 24.3 Å². The van der Waals surface area contributed by atoms with Gasteiger partial charge in [0.1, 0.15) is 10.7 Å². The summed E-state index contributed by atoms with van der Waals surface area (Å²) in [4.78, 5) is 24.2. The number of fused-ring (bicyclic) bond motifs is 1. The fourth-order valence-electron chi connectivity index (χ4n) is 2.45. The maximum atomic E-state index is 12.2.